The quantitative estimate of drug-likeness (QED) is 0.568. The Labute approximate surface area is 138 Å². The van der Waals surface area contributed by atoms with Crippen LogP contribution in [0.5, 0.6) is 0 Å². The van der Waals surface area contributed by atoms with Gasteiger partial charge in [-0.3, -0.25) is 4.79 Å². The van der Waals surface area contributed by atoms with Crippen LogP contribution in [0.15, 0.2) is 48.5 Å². The number of hydrogen-bond donors (Lipinski definition) is 0. The fraction of sp³-hybridized carbons (Fsp3) is 0.222. The largest absolute Gasteiger partial charge is 0.282 e. The van der Waals surface area contributed by atoms with Crippen molar-refractivity contribution in [2.45, 2.75) is 19.8 Å². The maximum absolute atomic E-state index is 12.1. The van der Waals surface area contributed by atoms with E-state index in [1.165, 1.54) is 16.5 Å². The standard InChI is InChI=1S/C18H17NOS2/c1-2-3-12-21-18(20)14-10-8-13(9-11-14)17-19-15-6-4-5-7-16(15)22-17/h4-11H,2-3,12H2,1H3. The van der Waals surface area contributed by atoms with Crippen molar-refractivity contribution in [3.05, 3.63) is 54.1 Å². The van der Waals surface area contributed by atoms with E-state index in [0.717, 1.165) is 40.2 Å². The first-order valence-corrected chi connectivity index (χ1v) is 9.21. The molecule has 3 rings (SSSR count). The molecule has 0 fully saturated rings. The fourth-order valence-electron chi connectivity index (χ4n) is 2.14. The SMILES string of the molecule is CCCCSC(=O)c1ccc(-c2nc3ccccc3s2)cc1. The van der Waals surface area contributed by atoms with Crippen LogP contribution in [0.25, 0.3) is 20.8 Å². The van der Waals surface area contributed by atoms with E-state index in [-0.39, 0.29) is 5.12 Å². The highest BCUT2D eigenvalue weighted by Gasteiger charge is 2.09. The van der Waals surface area contributed by atoms with Gasteiger partial charge in [0.2, 0.25) is 5.12 Å². The summed E-state index contributed by atoms with van der Waals surface area (Å²) in [5, 5.41) is 1.16. The maximum Gasteiger partial charge on any atom is 0.219 e. The first kappa shape index (κ1) is 15.3. The normalized spacial score (nSPS) is 11.0. The van der Waals surface area contributed by atoms with E-state index >= 15 is 0 Å². The van der Waals surface area contributed by atoms with Crippen LogP contribution < -0.4 is 0 Å². The third kappa shape index (κ3) is 3.39. The lowest BCUT2D eigenvalue weighted by Crippen LogP contribution is -1.94. The molecular formula is C18H17NOS2. The lowest BCUT2D eigenvalue weighted by Gasteiger charge is -2.01. The van der Waals surface area contributed by atoms with E-state index in [9.17, 15) is 4.79 Å². The topological polar surface area (TPSA) is 30.0 Å². The van der Waals surface area contributed by atoms with Crippen LogP contribution >= 0.6 is 23.1 Å². The zero-order chi connectivity index (χ0) is 15.4. The van der Waals surface area contributed by atoms with Gasteiger partial charge < -0.3 is 0 Å². The number of thioether (sulfide) groups is 1. The van der Waals surface area contributed by atoms with E-state index in [1.54, 1.807) is 11.3 Å². The van der Waals surface area contributed by atoms with Gasteiger partial charge in [-0.05, 0) is 30.7 Å². The minimum Gasteiger partial charge on any atom is -0.282 e. The van der Waals surface area contributed by atoms with Crippen LogP contribution in [0, 0.1) is 0 Å². The molecule has 0 radical (unpaired) electrons. The molecule has 0 unspecified atom stereocenters. The number of nitrogens with zero attached hydrogens (tertiary/aromatic N) is 1. The summed E-state index contributed by atoms with van der Waals surface area (Å²) in [6, 6.07) is 15.9. The van der Waals surface area contributed by atoms with Crippen molar-refractivity contribution in [2.75, 3.05) is 5.75 Å². The van der Waals surface area contributed by atoms with Gasteiger partial charge in [-0.1, -0.05) is 49.4 Å². The molecule has 0 aliphatic rings. The van der Waals surface area contributed by atoms with Crippen LogP contribution in [-0.4, -0.2) is 15.9 Å². The van der Waals surface area contributed by atoms with Crippen molar-refractivity contribution in [1.29, 1.82) is 0 Å². The van der Waals surface area contributed by atoms with E-state index < -0.39 is 0 Å². The minimum absolute atomic E-state index is 0.157. The average Bonchev–Trinajstić information content (AvgIpc) is 2.99. The number of carbonyl (C=O) groups excluding carboxylic acids is 1. The van der Waals surface area contributed by atoms with Gasteiger partial charge in [0.15, 0.2) is 0 Å². The lowest BCUT2D eigenvalue weighted by atomic mass is 10.1. The first-order valence-electron chi connectivity index (χ1n) is 7.41. The second-order valence-corrected chi connectivity index (χ2v) is 7.15. The van der Waals surface area contributed by atoms with Gasteiger partial charge in [-0.2, -0.15) is 0 Å². The summed E-state index contributed by atoms with van der Waals surface area (Å²) in [5.41, 5.74) is 2.86. The average molecular weight is 327 g/mol. The predicted molar refractivity (Wildman–Crippen MR) is 96.8 cm³/mol. The second kappa shape index (κ2) is 7.07. The molecule has 0 amide bonds. The second-order valence-electron chi connectivity index (χ2n) is 5.05. The highest BCUT2D eigenvalue weighted by Crippen LogP contribution is 2.30. The molecule has 0 bridgehead atoms. The molecule has 0 aliphatic carbocycles. The predicted octanol–water partition coefficient (Wildman–Crippen LogP) is 5.64. The zero-order valence-electron chi connectivity index (χ0n) is 12.4. The number of fused-ring (bicyclic) bond motifs is 1. The lowest BCUT2D eigenvalue weighted by molar-refractivity contribution is 0.108. The third-order valence-corrected chi connectivity index (χ3v) is 5.47. The minimum atomic E-state index is 0.157. The molecule has 1 heterocycles. The molecule has 3 aromatic rings. The smallest absolute Gasteiger partial charge is 0.219 e. The van der Waals surface area contributed by atoms with E-state index in [2.05, 4.69) is 18.0 Å². The molecular weight excluding hydrogens is 310 g/mol. The fourth-order valence-corrected chi connectivity index (χ4v) is 4.03. The summed E-state index contributed by atoms with van der Waals surface area (Å²) >= 11 is 3.09. The number of para-hydroxylation sites is 1. The Kier molecular flexibility index (Phi) is 4.90. The Morgan fingerprint density at radius 2 is 1.91 bits per heavy atom. The molecule has 22 heavy (non-hydrogen) atoms. The highest BCUT2D eigenvalue weighted by molar-refractivity contribution is 8.14. The summed E-state index contributed by atoms with van der Waals surface area (Å²) in [6.45, 7) is 2.14. The number of aromatic nitrogens is 1. The maximum atomic E-state index is 12.1. The Morgan fingerprint density at radius 3 is 2.64 bits per heavy atom. The molecule has 0 atom stereocenters. The van der Waals surface area contributed by atoms with Crippen LogP contribution in [0.4, 0.5) is 0 Å². The molecule has 112 valence electrons. The van der Waals surface area contributed by atoms with E-state index in [4.69, 9.17) is 0 Å². The van der Waals surface area contributed by atoms with Crippen molar-refractivity contribution in [3.63, 3.8) is 0 Å². The van der Waals surface area contributed by atoms with Gasteiger partial charge in [0.1, 0.15) is 5.01 Å². The number of hydrogen-bond acceptors (Lipinski definition) is 4. The molecule has 0 saturated heterocycles. The number of carbonyl (C=O) groups is 1. The van der Waals surface area contributed by atoms with Gasteiger partial charge in [0, 0.05) is 16.9 Å². The summed E-state index contributed by atoms with van der Waals surface area (Å²) < 4.78 is 1.19. The summed E-state index contributed by atoms with van der Waals surface area (Å²) in [7, 11) is 0. The molecule has 2 aromatic carbocycles. The number of thiazole rings is 1. The van der Waals surface area contributed by atoms with Crippen LogP contribution in [0.2, 0.25) is 0 Å². The summed E-state index contributed by atoms with van der Waals surface area (Å²) in [5.74, 6) is 0.898. The van der Waals surface area contributed by atoms with Crippen molar-refractivity contribution in [1.82, 2.24) is 4.98 Å². The van der Waals surface area contributed by atoms with E-state index in [1.807, 2.05) is 42.5 Å². The zero-order valence-corrected chi connectivity index (χ0v) is 14.0. The Morgan fingerprint density at radius 1 is 1.14 bits per heavy atom. The molecule has 2 nitrogen and oxygen atoms in total. The van der Waals surface area contributed by atoms with E-state index in [0.29, 0.717) is 0 Å². The van der Waals surface area contributed by atoms with Gasteiger partial charge in [0.25, 0.3) is 0 Å². The van der Waals surface area contributed by atoms with Gasteiger partial charge in [-0.15, -0.1) is 11.3 Å². The van der Waals surface area contributed by atoms with Gasteiger partial charge in [-0.25, -0.2) is 4.98 Å². The Bertz CT molecular complexity index is 744. The van der Waals surface area contributed by atoms with Gasteiger partial charge in [0.05, 0.1) is 10.2 Å². The third-order valence-electron chi connectivity index (χ3n) is 3.39. The van der Waals surface area contributed by atoms with Crippen LogP contribution in [0.1, 0.15) is 30.1 Å². The number of rotatable bonds is 5. The monoisotopic (exact) mass is 327 g/mol. The Balaban J connectivity index is 1.77. The Hall–Kier alpha value is -1.65. The first-order chi connectivity index (χ1) is 10.8. The molecule has 0 saturated carbocycles. The molecule has 0 N–H and O–H groups in total. The summed E-state index contributed by atoms with van der Waals surface area (Å²) in [6.07, 6.45) is 2.21. The molecule has 1 aromatic heterocycles. The number of benzene rings is 2. The van der Waals surface area contributed by atoms with Crippen molar-refractivity contribution in [2.24, 2.45) is 0 Å². The van der Waals surface area contributed by atoms with Crippen molar-refractivity contribution >= 4 is 38.4 Å². The number of unbranched alkanes of at least 4 members (excludes halogenated alkanes) is 1. The molecule has 4 heteroatoms. The van der Waals surface area contributed by atoms with Crippen molar-refractivity contribution in [3.8, 4) is 10.6 Å². The van der Waals surface area contributed by atoms with Gasteiger partial charge >= 0.3 is 0 Å². The van der Waals surface area contributed by atoms with Crippen LogP contribution in [-0.2, 0) is 0 Å². The molecule has 0 spiro atoms. The molecule has 0 aliphatic heterocycles. The highest BCUT2D eigenvalue weighted by atomic mass is 32.2. The summed E-state index contributed by atoms with van der Waals surface area (Å²) in [4.78, 5) is 16.7. The van der Waals surface area contributed by atoms with Crippen molar-refractivity contribution < 1.29 is 4.79 Å². The van der Waals surface area contributed by atoms with Crippen LogP contribution in [0.3, 0.4) is 0 Å².